The first kappa shape index (κ1) is 22.1. The number of H-pyrrole nitrogens is 1. The monoisotopic (exact) mass is 407 g/mol. The van der Waals surface area contributed by atoms with Gasteiger partial charge in [0.15, 0.2) is 0 Å². The van der Waals surface area contributed by atoms with Crippen LogP contribution >= 0.6 is 12.2 Å². The van der Waals surface area contributed by atoms with Gasteiger partial charge in [-0.15, -0.1) is 0 Å². The second-order valence-corrected chi connectivity index (χ2v) is 7.85. The number of aromatic nitrogens is 2. The number of nitrogens with zero attached hydrogens (tertiary/aromatic N) is 2. The third kappa shape index (κ3) is 7.80. The van der Waals surface area contributed by atoms with Crippen LogP contribution in [-0.4, -0.2) is 55.1 Å². The number of rotatable bonds is 5. The van der Waals surface area contributed by atoms with Gasteiger partial charge in [0, 0.05) is 49.5 Å². The fourth-order valence-electron chi connectivity index (χ4n) is 3.84. The molecule has 1 aromatic rings. The van der Waals surface area contributed by atoms with Gasteiger partial charge in [-0.3, -0.25) is 0 Å². The van der Waals surface area contributed by atoms with E-state index in [0.717, 1.165) is 25.4 Å². The number of aliphatic carboxylic acids is 2. The van der Waals surface area contributed by atoms with Gasteiger partial charge in [0.1, 0.15) is 0 Å². The molecule has 0 spiro atoms. The van der Waals surface area contributed by atoms with Gasteiger partial charge in [-0.25, -0.2) is 14.6 Å². The standard InChI is InChI=1S/C16H25N3S.C4H4O4/c20-16(10-13-4-2-1-3-5-13)19-8-6-14(7-9-19)15-11-17-12-18-15;5-3(6)1-2-4(7)8/h11-14H,1-10H2,(H,17,18);1-2H,(H,5,6)(H,7,8)/b;2-1-. The number of carboxylic acids is 2. The summed E-state index contributed by atoms with van der Waals surface area (Å²) >= 11 is 5.70. The predicted molar refractivity (Wildman–Crippen MR) is 110 cm³/mol. The van der Waals surface area contributed by atoms with Crippen molar-refractivity contribution in [3.8, 4) is 0 Å². The third-order valence-corrected chi connectivity index (χ3v) is 5.79. The molecule has 1 aliphatic carbocycles. The highest BCUT2D eigenvalue weighted by Gasteiger charge is 2.24. The minimum atomic E-state index is -1.26. The molecule has 2 aliphatic rings. The first-order chi connectivity index (χ1) is 13.5. The highest BCUT2D eigenvalue weighted by molar-refractivity contribution is 7.80. The molecule has 28 heavy (non-hydrogen) atoms. The van der Waals surface area contributed by atoms with E-state index in [-0.39, 0.29) is 0 Å². The Labute approximate surface area is 170 Å². The van der Waals surface area contributed by atoms with Crippen LogP contribution in [0.1, 0.15) is 63.0 Å². The van der Waals surface area contributed by atoms with E-state index < -0.39 is 11.9 Å². The average Bonchev–Trinajstić information content (AvgIpc) is 3.23. The normalized spacial score (nSPS) is 18.5. The van der Waals surface area contributed by atoms with Crippen LogP contribution in [0.5, 0.6) is 0 Å². The molecule has 0 radical (unpaired) electrons. The average molecular weight is 408 g/mol. The van der Waals surface area contributed by atoms with Crippen molar-refractivity contribution in [2.24, 2.45) is 5.92 Å². The van der Waals surface area contributed by atoms with Crippen LogP contribution in [0.25, 0.3) is 0 Å². The molecule has 0 aromatic carbocycles. The number of hydrogen-bond donors (Lipinski definition) is 3. The molecule has 0 unspecified atom stereocenters. The number of thiocarbonyl (C=S) groups is 1. The van der Waals surface area contributed by atoms with Crippen LogP contribution in [0.15, 0.2) is 24.7 Å². The molecule has 1 aromatic heterocycles. The second-order valence-electron chi connectivity index (χ2n) is 7.38. The van der Waals surface area contributed by atoms with Crippen LogP contribution in [0, 0.1) is 5.92 Å². The van der Waals surface area contributed by atoms with Gasteiger partial charge < -0.3 is 20.1 Å². The lowest BCUT2D eigenvalue weighted by atomic mass is 9.86. The van der Waals surface area contributed by atoms with Crippen molar-refractivity contribution in [3.05, 3.63) is 30.4 Å². The zero-order valence-corrected chi connectivity index (χ0v) is 16.9. The number of nitrogens with one attached hydrogen (secondary N) is 1. The maximum absolute atomic E-state index is 9.55. The molecule has 0 bridgehead atoms. The Hall–Kier alpha value is -2.22. The van der Waals surface area contributed by atoms with E-state index in [4.69, 9.17) is 22.4 Å². The van der Waals surface area contributed by atoms with Crippen molar-refractivity contribution >= 4 is 29.1 Å². The minimum absolute atomic E-state index is 0.558. The van der Waals surface area contributed by atoms with Crippen molar-refractivity contribution < 1.29 is 19.8 Å². The summed E-state index contributed by atoms with van der Waals surface area (Å²) in [6.45, 7) is 2.24. The molecule has 154 valence electrons. The Morgan fingerprint density at radius 1 is 1.11 bits per heavy atom. The quantitative estimate of drug-likeness (QED) is 0.506. The lowest BCUT2D eigenvalue weighted by Crippen LogP contribution is -2.38. The lowest BCUT2D eigenvalue weighted by molar-refractivity contribution is -0.134. The van der Waals surface area contributed by atoms with Crippen molar-refractivity contribution in [3.63, 3.8) is 0 Å². The molecular weight excluding hydrogens is 378 g/mol. The summed E-state index contributed by atoms with van der Waals surface area (Å²) < 4.78 is 0. The van der Waals surface area contributed by atoms with Crippen molar-refractivity contribution in [2.45, 2.75) is 57.3 Å². The first-order valence-electron chi connectivity index (χ1n) is 9.85. The predicted octanol–water partition coefficient (Wildman–Crippen LogP) is 3.60. The molecule has 3 rings (SSSR count). The molecule has 1 saturated carbocycles. The fourth-order valence-corrected chi connectivity index (χ4v) is 4.26. The van der Waals surface area contributed by atoms with Gasteiger partial charge in [-0.2, -0.15) is 0 Å². The van der Waals surface area contributed by atoms with E-state index in [1.165, 1.54) is 55.6 Å². The van der Waals surface area contributed by atoms with Gasteiger partial charge in [-0.05, 0) is 18.8 Å². The summed E-state index contributed by atoms with van der Waals surface area (Å²) in [6.07, 6.45) is 15.5. The lowest BCUT2D eigenvalue weighted by Gasteiger charge is -2.35. The van der Waals surface area contributed by atoms with Crippen LogP contribution in [0.3, 0.4) is 0 Å². The number of aromatic amines is 1. The number of carbonyl (C=O) groups is 2. The van der Waals surface area contributed by atoms with Gasteiger partial charge in [0.05, 0.1) is 11.3 Å². The Bertz CT molecular complexity index is 645. The van der Waals surface area contributed by atoms with Crippen molar-refractivity contribution in [1.29, 1.82) is 0 Å². The first-order valence-corrected chi connectivity index (χ1v) is 10.3. The summed E-state index contributed by atoms with van der Waals surface area (Å²) in [5, 5.41) is 15.6. The number of imidazole rings is 1. The van der Waals surface area contributed by atoms with Crippen LogP contribution in [-0.2, 0) is 9.59 Å². The Balaban J connectivity index is 0.000000300. The molecule has 0 atom stereocenters. The van der Waals surface area contributed by atoms with E-state index in [1.807, 2.05) is 6.20 Å². The largest absolute Gasteiger partial charge is 0.478 e. The molecule has 3 N–H and O–H groups in total. The topological polar surface area (TPSA) is 107 Å². The summed E-state index contributed by atoms with van der Waals surface area (Å²) in [5.41, 5.74) is 1.29. The molecule has 8 heteroatoms. The summed E-state index contributed by atoms with van der Waals surface area (Å²) in [7, 11) is 0. The maximum Gasteiger partial charge on any atom is 0.328 e. The van der Waals surface area contributed by atoms with Gasteiger partial charge in [0.2, 0.25) is 0 Å². The summed E-state index contributed by atoms with van der Waals surface area (Å²) in [6, 6.07) is 0. The Morgan fingerprint density at radius 2 is 1.71 bits per heavy atom. The van der Waals surface area contributed by atoms with Crippen molar-refractivity contribution in [2.75, 3.05) is 13.1 Å². The third-order valence-electron chi connectivity index (χ3n) is 5.36. The highest BCUT2D eigenvalue weighted by Crippen LogP contribution is 2.30. The molecule has 2 fully saturated rings. The smallest absolute Gasteiger partial charge is 0.328 e. The van der Waals surface area contributed by atoms with Crippen LogP contribution in [0.2, 0.25) is 0 Å². The van der Waals surface area contributed by atoms with Crippen LogP contribution in [0.4, 0.5) is 0 Å². The molecule has 7 nitrogen and oxygen atoms in total. The molecule has 2 heterocycles. The molecule has 0 amide bonds. The molecular formula is C20H29N3O4S. The Kier molecular flexibility index (Phi) is 9.13. The second kappa shape index (κ2) is 11.6. The Morgan fingerprint density at radius 3 is 2.21 bits per heavy atom. The van der Waals surface area contributed by atoms with Crippen LogP contribution < -0.4 is 0 Å². The minimum Gasteiger partial charge on any atom is -0.478 e. The fraction of sp³-hybridized carbons (Fsp3) is 0.600. The number of piperidine rings is 1. The number of likely N-dealkylation sites (tertiary alicyclic amines) is 1. The highest BCUT2D eigenvalue weighted by atomic mass is 32.1. The molecule has 1 saturated heterocycles. The zero-order chi connectivity index (χ0) is 20.4. The van der Waals surface area contributed by atoms with E-state index in [2.05, 4.69) is 14.9 Å². The van der Waals surface area contributed by atoms with E-state index >= 15 is 0 Å². The summed E-state index contributed by atoms with van der Waals surface area (Å²) in [5.74, 6) is -1.01. The van der Waals surface area contributed by atoms with E-state index in [9.17, 15) is 9.59 Å². The van der Waals surface area contributed by atoms with Gasteiger partial charge in [-0.1, -0.05) is 44.3 Å². The van der Waals surface area contributed by atoms with Crippen molar-refractivity contribution in [1.82, 2.24) is 14.9 Å². The zero-order valence-electron chi connectivity index (χ0n) is 16.0. The number of carboxylic acid groups (broad SMARTS) is 2. The van der Waals surface area contributed by atoms with E-state index in [1.54, 1.807) is 6.33 Å². The number of hydrogen-bond acceptors (Lipinski definition) is 4. The van der Waals surface area contributed by atoms with Gasteiger partial charge in [0.25, 0.3) is 0 Å². The SMILES string of the molecule is O=C(O)/C=C\C(=O)O.S=C(CC1CCCCC1)N1CCC(c2cnc[nH]2)CC1. The molecule has 1 aliphatic heterocycles. The summed E-state index contributed by atoms with van der Waals surface area (Å²) in [4.78, 5) is 30.2. The maximum atomic E-state index is 9.55. The van der Waals surface area contributed by atoms with E-state index in [0.29, 0.717) is 18.1 Å². The van der Waals surface area contributed by atoms with Gasteiger partial charge >= 0.3 is 11.9 Å².